The van der Waals surface area contributed by atoms with Gasteiger partial charge in [-0.25, -0.2) is 4.68 Å². The van der Waals surface area contributed by atoms with Crippen molar-refractivity contribution in [1.29, 1.82) is 0 Å². The quantitative estimate of drug-likeness (QED) is 0.789. The first kappa shape index (κ1) is 12.2. The molecule has 1 aromatic heterocycles. The largest absolute Gasteiger partial charge is 0.364 e. The Hall–Kier alpha value is -2.88. The van der Waals surface area contributed by atoms with Crippen LogP contribution in [0, 0.1) is 0 Å². The number of hydrogen-bond acceptors (Lipinski definition) is 2. The van der Waals surface area contributed by atoms with Gasteiger partial charge in [0, 0.05) is 0 Å². The Labute approximate surface area is 116 Å². The van der Waals surface area contributed by atoms with Crippen LogP contribution in [0.4, 0.5) is 0 Å². The third-order valence-electron chi connectivity index (χ3n) is 3.11. The average Bonchev–Trinajstić information content (AvgIpc) is 2.98. The standard InChI is InChI=1S/C16H13N3O/c17-16(20)15-10-11-18-19(15)14-8-6-13(7-9-14)12-4-2-1-3-5-12/h1-11H,(H2,17,20). The highest BCUT2D eigenvalue weighted by molar-refractivity contribution is 5.91. The summed E-state index contributed by atoms with van der Waals surface area (Å²) in [5.41, 5.74) is 8.76. The Kier molecular flexibility index (Phi) is 3.05. The van der Waals surface area contributed by atoms with Crippen LogP contribution >= 0.6 is 0 Å². The summed E-state index contributed by atoms with van der Waals surface area (Å²) in [6.45, 7) is 0. The second-order valence-electron chi connectivity index (χ2n) is 4.41. The van der Waals surface area contributed by atoms with E-state index in [-0.39, 0.29) is 0 Å². The van der Waals surface area contributed by atoms with E-state index < -0.39 is 5.91 Å². The zero-order valence-electron chi connectivity index (χ0n) is 10.7. The van der Waals surface area contributed by atoms with Crippen molar-refractivity contribution in [2.75, 3.05) is 0 Å². The number of nitrogens with two attached hydrogens (primary N) is 1. The summed E-state index contributed by atoms with van der Waals surface area (Å²) in [6.07, 6.45) is 1.56. The van der Waals surface area contributed by atoms with Crippen LogP contribution in [-0.4, -0.2) is 15.7 Å². The van der Waals surface area contributed by atoms with E-state index >= 15 is 0 Å². The van der Waals surface area contributed by atoms with Gasteiger partial charge in [0.1, 0.15) is 5.69 Å². The van der Waals surface area contributed by atoms with Gasteiger partial charge in [0.15, 0.2) is 0 Å². The highest BCUT2D eigenvalue weighted by Gasteiger charge is 2.09. The minimum atomic E-state index is -0.491. The van der Waals surface area contributed by atoms with Crippen LogP contribution in [-0.2, 0) is 0 Å². The molecule has 1 heterocycles. The van der Waals surface area contributed by atoms with Gasteiger partial charge in [-0.15, -0.1) is 0 Å². The molecule has 0 atom stereocenters. The van der Waals surface area contributed by atoms with Gasteiger partial charge in [0.2, 0.25) is 0 Å². The number of aromatic nitrogens is 2. The third kappa shape index (κ3) is 2.19. The first-order valence-electron chi connectivity index (χ1n) is 6.25. The molecule has 0 saturated heterocycles. The second-order valence-corrected chi connectivity index (χ2v) is 4.41. The van der Waals surface area contributed by atoms with E-state index in [0.717, 1.165) is 16.8 Å². The first-order valence-corrected chi connectivity index (χ1v) is 6.25. The van der Waals surface area contributed by atoms with Crippen LogP contribution in [0.25, 0.3) is 16.8 Å². The predicted octanol–water partition coefficient (Wildman–Crippen LogP) is 2.64. The molecule has 3 rings (SSSR count). The highest BCUT2D eigenvalue weighted by Crippen LogP contribution is 2.20. The summed E-state index contributed by atoms with van der Waals surface area (Å²) in [5, 5.41) is 4.13. The summed E-state index contributed by atoms with van der Waals surface area (Å²) in [7, 11) is 0. The molecular weight excluding hydrogens is 250 g/mol. The lowest BCUT2D eigenvalue weighted by Crippen LogP contribution is -2.16. The molecule has 3 aromatic rings. The molecule has 2 aromatic carbocycles. The van der Waals surface area contributed by atoms with Crippen molar-refractivity contribution in [2.45, 2.75) is 0 Å². The van der Waals surface area contributed by atoms with E-state index in [1.54, 1.807) is 12.3 Å². The maximum Gasteiger partial charge on any atom is 0.267 e. The van der Waals surface area contributed by atoms with Crippen LogP contribution in [0.1, 0.15) is 10.5 Å². The maximum absolute atomic E-state index is 11.3. The number of carbonyl (C=O) groups excluding carboxylic acids is 1. The van der Waals surface area contributed by atoms with Gasteiger partial charge in [-0.3, -0.25) is 4.79 Å². The Morgan fingerprint density at radius 2 is 1.55 bits per heavy atom. The Balaban J connectivity index is 1.98. The summed E-state index contributed by atoms with van der Waals surface area (Å²) < 4.78 is 1.54. The smallest absolute Gasteiger partial charge is 0.267 e. The number of amides is 1. The molecule has 0 aliphatic carbocycles. The van der Waals surface area contributed by atoms with E-state index in [2.05, 4.69) is 17.2 Å². The van der Waals surface area contributed by atoms with Crippen molar-refractivity contribution in [3.8, 4) is 16.8 Å². The van der Waals surface area contributed by atoms with Gasteiger partial charge in [0.05, 0.1) is 11.9 Å². The van der Waals surface area contributed by atoms with Gasteiger partial charge < -0.3 is 5.73 Å². The molecule has 4 nitrogen and oxygen atoms in total. The number of hydrogen-bond donors (Lipinski definition) is 1. The Morgan fingerprint density at radius 1 is 0.900 bits per heavy atom. The minimum Gasteiger partial charge on any atom is -0.364 e. The molecule has 0 unspecified atom stereocenters. The molecule has 0 saturated carbocycles. The summed E-state index contributed by atoms with van der Waals surface area (Å²) in [5.74, 6) is -0.491. The first-order chi connectivity index (χ1) is 9.75. The van der Waals surface area contributed by atoms with Crippen LogP contribution in [0.5, 0.6) is 0 Å². The van der Waals surface area contributed by atoms with Crippen LogP contribution in [0.15, 0.2) is 66.9 Å². The summed E-state index contributed by atoms with van der Waals surface area (Å²) >= 11 is 0. The fourth-order valence-corrected chi connectivity index (χ4v) is 2.12. The lowest BCUT2D eigenvalue weighted by Gasteiger charge is -2.06. The van der Waals surface area contributed by atoms with Gasteiger partial charge in [-0.1, -0.05) is 42.5 Å². The van der Waals surface area contributed by atoms with Crippen molar-refractivity contribution < 1.29 is 4.79 Å². The molecular formula is C16H13N3O. The van der Waals surface area contributed by atoms with E-state index in [1.807, 2.05) is 42.5 Å². The van der Waals surface area contributed by atoms with Crippen molar-refractivity contribution in [3.63, 3.8) is 0 Å². The molecule has 0 spiro atoms. The normalized spacial score (nSPS) is 10.4. The number of rotatable bonds is 3. The molecule has 0 bridgehead atoms. The number of primary amides is 1. The highest BCUT2D eigenvalue weighted by atomic mass is 16.1. The lowest BCUT2D eigenvalue weighted by atomic mass is 10.1. The van der Waals surface area contributed by atoms with Gasteiger partial charge >= 0.3 is 0 Å². The number of carbonyl (C=O) groups is 1. The predicted molar refractivity (Wildman–Crippen MR) is 77.5 cm³/mol. The van der Waals surface area contributed by atoms with E-state index in [4.69, 9.17) is 5.73 Å². The molecule has 0 radical (unpaired) electrons. The van der Waals surface area contributed by atoms with Gasteiger partial charge in [-0.2, -0.15) is 5.10 Å². The van der Waals surface area contributed by atoms with E-state index in [9.17, 15) is 4.79 Å². The molecule has 1 amide bonds. The molecule has 98 valence electrons. The topological polar surface area (TPSA) is 60.9 Å². The van der Waals surface area contributed by atoms with Gasteiger partial charge in [-0.05, 0) is 29.3 Å². The van der Waals surface area contributed by atoms with Crippen molar-refractivity contribution in [3.05, 3.63) is 72.6 Å². The van der Waals surface area contributed by atoms with Crippen LogP contribution < -0.4 is 5.73 Å². The minimum absolute atomic E-state index is 0.373. The van der Waals surface area contributed by atoms with Crippen molar-refractivity contribution in [2.24, 2.45) is 5.73 Å². The molecule has 20 heavy (non-hydrogen) atoms. The zero-order valence-corrected chi connectivity index (χ0v) is 10.7. The Bertz CT molecular complexity index is 730. The lowest BCUT2D eigenvalue weighted by molar-refractivity contribution is 0.0993. The molecule has 4 heteroatoms. The van der Waals surface area contributed by atoms with E-state index in [1.165, 1.54) is 4.68 Å². The van der Waals surface area contributed by atoms with Crippen LogP contribution in [0.3, 0.4) is 0 Å². The molecule has 0 aliphatic heterocycles. The SMILES string of the molecule is NC(=O)c1ccnn1-c1ccc(-c2ccccc2)cc1. The Morgan fingerprint density at radius 3 is 2.20 bits per heavy atom. The van der Waals surface area contributed by atoms with Crippen molar-refractivity contribution in [1.82, 2.24) is 9.78 Å². The fourth-order valence-electron chi connectivity index (χ4n) is 2.12. The molecule has 0 aliphatic rings. The molecule has 0 fully saturated rings. The summed E-state index contributed by atoms with van der Waals surface area (Å²) in [4.78, 5) is 11.3. The van der Waals surface area contributed by atoms with Crippen molar-refractivity contribution >= 4 is 5.91 Å². The average molecular weight is 263 g/mol. The second kappa shape index (κ2) is 5.01. The number of benzene rings is 2. The third-order valence-corrected chi connectivity index (χ3v) is 3.11. The van der Waals surface area contributed by atoms with Gasteiger partial charge in [0.25, 0.3) is 5.91 Å². The molecule has 2 N–H and O–H groups in total. The monoisotopic (exact) mass is 263 g/mol. The maximum atomic E-state index is 11.3. The van der Waals surface area contributed by atoms with E-state index in [0.29, 0.717) is 5.69 Å². The fraction of sp³-hybridized carbons (Fsp3) is 0. The summed E-state index contributed by atoms with van der Waals surface area (Å²) in [6, 6.07) is 19.5. The van der Waals surface area contributed by atoms with Crippen LogP contribution in [0.2, 0.25) is 0 Å². The zero-order chi connectivity index (χ0) is 13.9. The number of nitrogens with zero attached hydrogens (tertiary/aromatic N) is 2.